The molecule has 0 atom stereocenters. The lowest BCUT2D eigenvalue weighted by molar-refractivity contribution is 0.193. The van der Waals surface area contributed by atoms with Crippen LogP contribution in [0.3, 0.4) is 0 Å². The molecule has 5 nitrogen and oxygen atoms in total. The Morgan fingerprint density at radius 1 is 0.371 bits per heavy atom. The maximum absolute atomic E-state index is 10.6. The summed E-state index contributed by atoms with van der Waals surface area (Å²) >= 11 is 0. The zero-order valence-electron chi connectivity index (χ0n) is 23.1. The second-order valence-electron chi connectivity index (χ2n) is 10.6. The Labute approximate surface area is 218 Å². The minimum absolute atomic E-state index is 0.166. The van der Waals surface area contributed by atoms with Gasteiger partial charge in [0.2, 0.25) is 0 Å². The molecule has 0 saturated carbocycles. The van der Waals surface area contributed by atoms with Crippen LogP contribution in [0.15, 0.2) is 0 Å². The molecule has 35 heavy (non-hydrogen) atoms. The lowest BCUT2D eigenvalue weighted by Crippen LogP contribution is -1.92. The highest BCUT2D eigenvalue weighted by Crippen LogP contribution is 2.35. The Bertz CT molecular complexity index is 441. The van der Waals surface area contributed by atoms with Crippen molar-refractivity contribution in [3.8, 4) is 0 Å². The monoisotopic (exact) mass is 520 g/mol. The molecule has 0 aliphatic carbocycles. The molecular formula is C29H61O5P. The highest BCUT2D eigenvalue weighted by molar-refractivity contribution is 7.46. The van der Waals surface area contributed by atoms with E-state index < -0.39 is 7.82 Å². The summed E-state index contributed by atoms with van der Waals surface area (Å²) in [6, 6.07) is 0. The van der Waals surface area contributed by atoms with Crippen molar-refractivity contribution in [2.45, 2.75) is 173 Å². The van der Waals surface area contributed by atoms with E-state index in [9.17, 15) is 4.57 Å². The average molecular weight is 521 g/mol. The van der Waals surface area contributed by atoms with Gasteiger partial charge >= 0.3 is 7.82 Å². The zero-order valence-corrected chi connectivity index (χ0v) is 24.0. The van der Waals surface area contributed by atoms with Crippen molar-refractivity contribution in [1.29, 1.82) is 0 Å². The molecule has 0 spiro atoms. The van der Waals surface area contributed by atoms with Crippen LogP contribution in [-0.2, 0) is 9.09 Å². The standard InChI is InChI=1S/C29H61O5P/c30-28-26-24-22-20-18-16-14-12-10-8-6-4-2-1-3-5-7-9-11-13-15-17-19-21-23-25-27-29-34-35(31,32)33/h30H,1-29H2,(H2,31,32,33). The molecule has 0 saturated heterocycles. The van der Waals surface area contributed by atoms with Crippen molar-refractivity contribution in [2.75, 3.05) is 13.2 Å². The van der Waals surface area contributed by atoms with Crippen LogP contribution in [0, 0.1) is 0 Å². The third-order valence-corrected chi connectivity index (χ3v) is 7.58. The summed E-state index contributed by atoms with van der Waals surface area (Å²) in [5, 5.41) is 8.76. The maximum atomic E-state index is 10.6. The van der Waals surface area contributed by atoms with Gasteiger partial charge in [0.25, 0.3) is 0 Å². The molecule has 3 N–H and O–H groups in total. The van der Waals surface area contributed by atoms with E-state index >= 15 is 0 Å². The largest absolute Gasteiger partial charge is 0.469 e. The molecule has 0 bridgehead atoms. The molecule has 0 amide bonds. The molecule has 0 aromatic carbocycles. The third-order valence-electron chi connectivity index (χ3n) is 7.06. The predicted octanol–water partition coefficient (Wildman–Crippen LogP) is 9.62. The van der Waals surface area contributed by atoms with Gasteiger partial charge in [0, 0.05) is 6.61 Å². The van der Waals surface area contributed by atoms with Crippen molar-refractivity contribution in [3.63, 3.8) is 0 Å². The van der Waals surface area contributed by atoms with Gasteiger partial charge in [-0.15, -0.1) is 0 Å². The van der Waals surface area contributed by atoms with Gasteiger partial charge in [-0.2, -0.15) is 0 Å². The summed E-state index contributed by atoms with van der Waals surface area (Å²) in [6.45, 7) is 0.525. The number of phosphoric ester groups is 1. The fraction of sp³-hybridized carbons (Fsp3) is 1.00. The first-order valence-electron chi connectivity index (χ1n) is 15.4. The number of rotatable bonds is 30. The second-order valence-corrected chi connectivity index (χ2v) is 11.8. The Morgan fingerprint density at radius 3 is 0.771 bits per heavy atom. The summed E-state index contributed by atoms with van der Waals surface area (Å²) in [6.07, 6.45) is 35.6. The number of phosphoric acid groups is 1. The normalized spacial score (nSPS) is 12.0. The number of unbranched alkanes of at least 4 members (excludes halogenated alkanes) is 26. The van der Waals surface area contributed by atoms with Crippen LogP contribution >= 0.6 is 7.82 Å². The highest BCUT2D eigenvalue weighted by Gasteiger charge is 2.12. The topological polar surface area (TPSA) is 87.0 Å². The van der Waals surface area contributed by atoms with Gasteiger partial charge in [-0.3, -0.25) is 4.52 Å². The lowest BCUT2D eigenvalue weighted by Gasteiger charge is -2.05. The predicted molar refractivity (Wildman–Crippen MR) is 150 cm³/mol. The van der Waals surface area contributed by atoms with Crippen molar-refractivity contribution >= 4 is 7.82 Å². The first-order valence-corrected chi connectivity index (χ1v) is 16.9. The summed E-state index contributed by atoms with van der Waals surface area (Å²) in [5.74, 6) is 0. The van der Waals surface area contributed by atoms with Crippen molar-refractivity contribution < 1.29 is 24.0 Å². The van der Waals surface area contributed by atoms with Crippen LogP contribution in [0.25, 0.3) is 0 Å². The van der Waals surface area contributed by atoms with Gasteiger partial charge in [-0.05, 0) is 12.8 Å². The minimum atomic E-state index is -4.27. The second kappa shape index (κ2) is 28.6. The fourth-order valence-corrected chi connectivity index (χ4v) is 5.18. The molecule has 0 radical (unpaired) electrons. The third kappa shape index (κ3) is 34.1. The first kappa shape index (κ1) is 35.1. The van der Waals surface area contributed by atoms with Crippen LogP contribution in [-0.4, -0.2) is 28.1 Å². The van der Waals surface area contributed by atoms with E-state index in [0.717, 1.165) is 25.7 Å². The lowest BCUT2D eigenvalue weighted by atomic mass is 10.0. The van der Waals surface area contributed by atoms with E-state index in [1.54, 1.807) is 0 Å². The smallest absolute Gasteiger partial charge is 0.396 e. The van der Waals surface area contributed by atoms with E-state index in [0.29, 0.717) is 6.61 Å². The fourth-order valence-electron chi connectivity index (χ4n) is 4.82. The van der Waals surface area contributed by atoms with Crippen LogP contribution in [0.4, 0.5) is 0 Å². The number of aliphatic hydroxyl groups is 1. The molecule has 0 aliphatic rings. The van der Waals surface area contributed by atoms with E-state index in [-0.39, 0.29) is 6.61 Å². The van der Waals surface area contributed by atoms with Crippen molar-refractivity contribution in [3.05, 3.63) is 0 Å². The Kier molecular flexibility index (Phi) is 28.7. The molecule has 0 aromatic rings. The molecule has 0 aliphatic heterocycles. The van der Waals surface area contributed by atoms with Gasteiger partial charge in [-0.25, -0.2) is 4.57 Å². The Morgan fingerprint density at radius 2 is 0.571 bits per heavy atom. The Hall–Kier alpha value is 0.0700. The van der Waals surface area contributed by atoms with Crippen LogP contribution in [0.2, 0.25) is 0 Å². The quantitative estimate of drug-likeness (QED) is 0.0648. The molecule has 0 heterocycles. The van der Waals surface area contributed by atoms with Crippen LogP contribution in [0.1, 0.15) is 173 Å². The Balaban J connectivity index is 3.04. The number of hydrogen-bond acceptors (Lipinski definition) is 3. The van der Waals surface area contributed by atoms with E-state index in [4.69, 9.17) is 14.9 Å². The molecule has 0 unspecified atom stereocenters. The molecule has 0 rings (SSSR count). The average Bonchev–Trinajstić information content (AvgIpc) is 2.82. The van der Waals surface area contributed by atoms with E-state index in [2.05, 4.69) is 4.52 Å². The molecule has 212 valence electrons. The van der Waals surface area contributed by atoms with Gasteiger partial charge in [0.1, 0.15) is 0 Å². The SMILES string of the molecule is O=P(O)(O)OCCCCCCCCCCCCCCCCCCCCCCCCCCCCCO. The minimum Gasteiger partial charge on any atom is -0.396 e. The van der Waals surface area contributed by atoms with Crippen LogP contribution in [0.5, 0.6) is 0 Å². The summed E-state index contributed by atoms with van der Waals surface area (Å²) in [4.78, 5) is 17.2. The molecule has 0 fully saturated rings. The number of hydrogen-bond donors (Lipinski definition) is 3. The summed E-state index contributed by atoms with van der Waals surface area (Å²) in [5.41, 5.74) is 0. The molecular weight excluding hydrogens is 459 g/mol. The van der Waals surface area contributed by atoms with Gasteiger partial charge in [0.05, 0.1) is 6.61 Å². The van der Waals surface area contributed by atoms with Crippen molar-refractivity contribution in [1.82, 2.24) is 0 Å². The summed E-state index contributed by atoms with van der Waals surface area (Å²) in [7, 11) is -4.27. The van der Waals surface area contributed by atoms with Gasteiger partial charge < -0.3 is 14.9 Å². The maximum Gasteiger partial charge on any atom is 0.469 e. The van der Waals surface area contributed by atoms with Gasteiger partial charge in [0.15, 0.2) is 0 Å². The highest BCUT2D eigenvalue weighted by atomic mass is 31.2. The first-order chi connectivity index (χ1) is 17.1. The van der Waals surface area contributed by atoms with Crippen molar-refractivity contribution in [2.24, 2.45) is 0 Å². The van der Waals surface area contributed by atoms with Crippen LogP contribution < -0.4 is 0 Å². The zero-order chi connectivity index (χ0) is 25.7. The molecule has 6 heteroatoms. The molecule has 0 aromatic heterocycles. The summed E-state index contributed by atoms with van der Waals surface area (Å²) < 4.78 is 15.0. The van der Waals surface area contributed by atoms with Gasteiger partial charge in [-0.1, -0.05) is 161 Å². The number of aliphatic hydroxyl groups excluding tert-OH is 1. The van der Waals surface area contributed by atoms with E-state index in [1.165, 1.54) is 148 Å². The van der Waals surface area contributed by atoms with E-state index in [1.807, 2.05) is 0 Å².